The van der Waals surface area contributed by atoms with Gasteiger partial charge in [0.15, 0.2) is 5.78 Å². The first-order chi connectivity index (χ1) is 12.6. The Morgan fingerprint density at radius 2 is 1.92 bits per heavy atom. The SMILES string of the molecule is N#CC1CC(C(=O)c2ccc([N+](=O)[O-])cc2)N2C=Cc3ccccc3C12. The third-order valence-corrected chi connectivity index (χ3v) is 5.11. The van der Waals surface area contributed by atoms with Crippen LogP contribution < -0.4 is 0 Å². The van der Waals surface area contributed by atoms with Crippen molar-refractivity contribution < 1.29 is 9.72 Å². The number of carbonyl (C=O) groups excluding carboxylic acids is 1. The van der Waals surface area contributed by atoms with Crippen molar-refractivity contribution in [2.45, 2.75) is 18.5 Å². The zero-order chi connectivity index (χ0) is 18.3. The standard InChI is InChI=1S/C20H15N3O3/c21-12-15-11-18(20(24)14-5-7-16(8-6-14)23(25)26)22-10-9-13-3-1-2-4-17(13)19(15)22/h1-10,15,18-19H,11H2. The number of ketones is 1. The van der Waals surface area contributed by atoms with Crippen molar-refractivity contribution in [1.82, 2.24) is 4.90 Å². The maximum atomic E-state index is 13.0. The van der Waals surface area contributed by atoms with Gasteiger partial charge in [0.05, 0.1) is 29.0 Å². The lowest BCUT2D eigenvalue weighted by Gasteiger charge is -2.33. The van der Waals surface area contributed by atoms with Gasteiger partial charge >= 0.3 is 0 Å². The Morgan fingerprint density at radius 1 is 1.19 bits per heavy atom. The predicted molar refractivity (Wildman–Crippen MR) is 95.0 cm³/mol. The molecule has 0 aliphatic carbocycles. The zero-order valence-electron chi connectivity index (χ0n) is 13.8. The van der Waals surface area contributed by atoms with E-state index in [1.54, 1.807) is 0 Å². The maximum absolute atomic E-state index is 13.0. The number of nitriles is 1. The molecule has 2 aromatic carbocycles. The van der Waals surface area contributed by atoms with Gasteiger partial charge in [-0.15, -0.1) is 0 Å². The van der Waals surface area contributed by atoms with E-state index in [1.807, 2.05) is 41.4 Å². The lowest BCUT2D eigenvalue weighted by molar-refractivity contribution is -0.384. The summed E-state index contributed by atoms with van der Waals surface area (Å²) in [5, 5.41) is 20.4. The van der Waals surface area contributed by atoms with Gasteiger partial charge in [-0.1, -0.05) is 24.3 Å². The van der Waals surface area contributed by atoms with Gasteiger partial charge in [-0.25, -0.2) is 0 Å². The van der Waals surface area contributed by atoms with Crippen LogP contribution in [0.4, 0.5) is 5.69 Å². The first-order valence-electron chi connectivity index (χ1n) is 8.33. The Hall–Kier alpha value is -3.46. The molecule has 3 unspecified atom stereocenters. The van der Waals surface area contributed by atoms with Crippen molar-refractivity contribution in [3.8, 4) is 6.07 Å². The van der Waals surface area contributed by atoms with Crippen LogP contribution in [-0.2, 0) is 0 Å². The number of Topliss-reactive ketones (excluding diaryl/α,β-unsaturated/α-hetero) is 1. The third-order valence-electron chi connectivity index (χ3n) is 5.11. The molecule has 2 aromatic rings. The minimum atomic E-state index is -0.490. The summed E-state index contributed by atoms with van der Waals surface area (Å²) in [5.74, 6) is -0.403. The van der Waals surface area contributed by atoms with E-state index in [-0.39, 0.29) is 23.4 Å². The van der Waals surface area contributed by atoms with E-state index >= 15 is 0 Å². The van der Waals surface area contributed by atoms with E-state index in [0.29, 0.717) is 12.0 Å². The second kappa shape index (κ2) is 6.12. The highest BCUT2D eigenvalue weighted by molar-refractivity contribution is 6.00. The topological polar surface area (TPSA) is 87.2 Å². The third kappa shape index (κ3) is 2.45. The van der Waals surface area contributed by atoms with Crippen LogP contribution in [0.25, 0.3) is 6.08 Å². The average Bonchev–Trinajstić information content (AvgIpc) is 3.06. The molecule has 6 nitrogen and oxygen atoms in total. The summed E-state index contributed by atoms with van der Waals surface area (Å²) in [6.07, 6.45) is 4.29. The molecular formula is C20H15N3O3. The number of fused-ring (bicyclic) bond motifs is 3. The molecular weight excluding hydrogens is 330 g/mol. The summed E-state index contributed by atoms with van der Waals surface area (Å²) in [6, 6.07) is 15.3. The lowest BCUT2D eigenvalue weighted by Crippen LogP contribution is -2.35. The van der Waals surface area contributed by atoms with E-state index in [9.17, 15) is 20.2 Å². The van der Waals surface area contributed by atoms with Crippen molar-refractivity contribution in [1.29, 1.82) is 5.26 Å². The van der Waals surface area contributed by atoms with Gasteiger partial charge in [0.1, 0.15) is 0 Å². The van der Waals surface area contributed by atoms with Gasteiger partial charge in [0.25, 0.3) is 5.69 Å². The van der Waals surface area contributed by atoms with Crippen LogP contribution in [0.2, 0.25) is 0 Å². The molecule has 0 radical (unpaired) electrons. The number of hydrogen-bond donors (Lipinski definition) is 0. The Kier molecular flexibility index (Phi) is 3.77. The van der Waals surface area contributed by atoms with Crippen LogP contribution >= 0.6 is 0 Å². The number of nitro groups is 1. The van der Waals surface area contributed by atoms with Gasteiger partial charge < -0.3 is 4.90 Å². The summed E-state index contributed by atoms with van der Waals surface area (Å²) in [4.78, 5) is 25.3. The van der Waals surface area contributed by atoms with Gasteiger partial charge in [0.2, 0.25) is 0 Å². The van der Waals surface area contributed by atoms with Crippen molar-refractivity contribution in [3.63, 3.8) is 0 Å². The zero-order valence-corrected chi connectivity index (χ0v) is 13.8. The normalized spacial score (nSPS) is 23.0. The van der Waals surface area contributed by atoms with Crippen LogP contribution in [0.1, 0.15) is 33.9 Å². The van der Waals surface area contributed by atoms with E-state index < -0.39 is 11.0 Å². The van der Waals surface area contributed by atoms with Crippen LogP contribution in [0.15, 0.2) is 54.7 Å². The van der Waals surface area contributed by atoms with E-state index in [2.05, 4.69) is 6.07 Å². The van der Waals surface area contributed by atoms with Gasteiger partial charge in [-0.2, -0.15) is 5.26 Å². The fraction of sp³-hybridized carbons (Fsp3) is 0.200. The molecule has 26 heavy (non-hydrogen) atoms. The average molecular weight is 345 g/mol. The highest BCUT2D eigenvalue weighted by Crippen LogP contribution is 2.45. The minimum Gasteiger partial charge on any atom is -0.359 e. The fourth-order valence-corrected chi connectivity index (χ4v) is 3.87. The van der Waals surface area contributed by atoms with Crippen LogP contribution in [0.5, 0.6) is 0 Å². The number of benzene rings is 2. The quantitative estimate of drug-likeness (QED) is 0.481. The number of nitrogens with zero attached hydrogens (tertiary/aromatic N) is 3. The molecule has 0 bridgehead atoms. The Balaban J connectivity index is 1.67. The van der Waals surface area contributed by atoms with E-state index in [4.69, 9.17) is 0 Å². The molecule has 128 valence electrons. The number of carbonyl (C=O) groups is 1. The lowest BCUT2D eigenvalue weighted by atomic mass is 9.89. The summed E-state index contributed by atoms with van der Waals surface area (Å²) >= 11 is 0. The summed E-state index contributed by atoms with van der Waals surface area (Å²) in [7, 11) is 0. The van der Waals surface area contributed by atoms with Crippen LogP contribution in [0, 0.1) is 27.4 Å². The smallest absolute Gasteiger partial charge is 0.269 e. The molecule has 2 heterocycles. The van der Waals surface area contributed by atoms with Crippen molar-refractivity contribution in [2.75, 3.05) is 0 Å². The van der Waals surface area contributed by atoms with Crippen molar-refractivity contribution >= 4 is 17.5 Å². The molecule has 1 fully saturated rings. The Morgan fingerprint density at radius 3 is 2.62 bits per heavy atom. The second-order valence-corrected chi connectivity index (χ2v) is 6.49. The molecule has 0 amide bonds. The number of hydrogen-bond acceptors (Lipinski definition) is 5. The predicted octanol–water partition coefficient (Wildman–Crippen LogP) is 3.72. The van der Waals surface area contributed by atoms with E-state index in [1.165, 1.54) is 24.3 Å². The Bertz CT molecular complexity index is 959. The second-order valence-electron chi connectivity index (χ2n) is 6.49. The molecule has 1 saturated heterocycles. The molecule has 0 N–H and O–H groups in total. The fourth-order valence-electron chi connectivity index (χ4n) is 3.87. The van der Waals surface area contributed by atoms with Gasteiger partial charge in [-0.05, 0) is 35.8 Å². The van der Waals surface area contributed by atoms with Crippen LogP contribution in [0.3, 0.4) is 0 Å². The largest absolute Gasteiger partial charge is 0.359 e. The Labute approximate surface area is 150 Å². The molecule has 3 atom stereocenters. The first kappa shape index (κ1) is 16.0. The van der Waals surface area contributed by atoms with Crippen molar-refractivity contribution in [2.24, 2.45) is 5.92 Å². The van der Waals surface area contributed by atoms with Gasteiger partial charge in [-0.3, -0.25) is 14.9 Å². The highest BCUT2D eigenvalue weighted by atomic mass is 16.6. The van der Waals surface area contributed by atoms with Crippen LogP contribution in [-0.4, -0.2) is 21.6 Å². The monoisotopic (exact) mass is 345 g/mol. The highest BCUT2D eigenvalue weighted by Gasteiger charge is 2.45. The van der Waals surface area contributed by atoms with Gasteiger partial charge in [0, 0.05) is 23.9 Å². The summed E-state index contributed by atoms with van der Waals surface area (Å²) in [5.41, 5.74) is 2.50. The number of nitro benzene ring substituents is 1. The van der Waals surface area contributed by atoms with Crippen molar-refractivity contribution in [3.05, 3.63) is 81.5 Å². The number of non-ortho nitro benzene ring substituents is 1. The number of rotatable bonds is 3. The molecule has 0 spiro atoms. The minimum absolute atomic E-state index is 0.0486. The summed E-state index contributed by atoms with van der Waals surface area (Å²) in [6.45, 7) is 0. The molecule has 2 aliphatic rings. The molecule has 0 saturated carbocycles. The summed E-state index contributed by atoms with van der Waals surface area (Å²) < 4.78 is 0. The maximum Gasteiger partial charge on any atom is 0.269 e. The first-order valence-corrected chi connectivity index (χ1v) is 8.33. The molecule has 0 aromatic heterocycles. The molecule has 6 heteroatoms. The molecule has 2 aliphatic heterocycles. The van der Waals surface area contributed by atoms with E-state index in [0.717, 1.165) is 11.1 Å². The molecule has 4 rings (SSSR count).